The molecule has 1 aliphatic carbocycles. The van der Waals surface area contributed by atoms with Gasteiger partial charge in [0.2, 0.25) is 0 Å². The molecule has 0 bridgehead atoms. The van der Waals surface area contributed by atoms with Crippen molar-refractivity contribution in [3.05, 3.63) is 94.3 Å². The lowest BCUT2D eigenvalue weighted by Gasteiger charge is -2.20. The molecule has 4 rings (SSSR count). The largest absolute Gasteiger partial charge is 0.481 e. The zero-order valence-corrected chi connectivity index (χ0v) is 17.1. The second-order valence-corrected chi connectivity index (χ2v) is 7.72. The van der Waals surface area contributed by atoms with Crippen LogP contribution in [0.5, 0.6) is 0 Å². The number of hydrogen-bond acceptors (Lipinski definition) is 3. The number of nitrogens with one attached hydrogen (secondary N) is 1. The van der Waals surface area contributed by atoms with E-state index in [9.17, 15) is 19.1 Å². The van der Waals surface area contributed by atoms with Crippen molar-refractivity contribution in [1.29, 1.82) is 0 Å². The number of fused-ring (bicyclic) bond motifs is 3. The summed E-state index contributed by atoms with van der Waals surface area (Å²) in [6.45, 7) is 0.0671. The highest BCUT2D eigenvalue weighted by Gasteiger charge is 2.29. The van der Waals surface area contributed by atoms with E-state index in [-0.39, 0.29) is 23.1 Å². The van der Waals surface area contributed by atoms with Gasteiger partial charge in [0.15, 0.2) is 0 Å². The molecule has 0 radical (unpaired) electrons. The first-order chi connectivity index (χ1) is 14.9. The van der Waals surface area contributed by atoms with E-state index in [0.717, 1.165) is 28.3 Å². The topological polar surface area (TPSA) is 75.6 Å². The van der Waals surface area contributed by atoms with Gasteiger partial charge in [-0.1, -0.05) is 60.1 Å². The molecule has 0 saturated carbocycles. The summed E-state index contributed by atoms with van der Waals surface area (Å²) in [5.74, 6) is -1.99. The van der Waals surface area contributed by atoms with Crippen molar-refractivity contribution in [2.75, 3.05) is 6.61 Å². The summed E-state index contributed by atoms with van der Waals surface area (Å²) in [4.78, 5) is 23.8. The molecule has 0 spiro atoms. The Labute approximate surface area is 183 Å². The minimum atomic E-state index is -1.19. The molecule has 31 heavy (non-hydrogen) atoms. The summed E-state index contributed by atoms with van der Waals surface area (Å²) in [6.07, 6.45) is -1.34. The van der Waals surface area contributed by atoms with Gasteiger partial charge in [0.25, 0.3) is 0 Å². The van der Waals surface area contributed by atoms with Crippen LogP contribution in [-0.4, -0.2) is 23.8 Å². The monoisotopic (exact) mass is 439 g/mol. The van der Waals surface area contributed by atoms with Crippen molar-refractivity contribution >= 4 is 23.7 Å². The van der Waals surface area contributed by atoms with Gasteiger partial charge in [-0.2, -0.15) is 0 Å². The second-order valence-electron chi connectivity index (χ2n) is 7.29. The van der Waals surface area contributed by atoms with E-state index in [2.05, 4.69) is 5.32 Å². The van der Waals surface area contributed by atoms with Gasteiger partial charge in [-0.05, 0) is 40.5 Å². The molecule has 1 atom stereocenters. The summed E-state index contributed by atoms with van der Waals surface area (Å²) in [7, 11) is 0. The number of alkyl carbamates (subject to hydrolysis) is 1. The minimum Gasteiger partial charge on any atom is -0.481 e. The van der Waals surface area contributed by atoms with Gasteiger partial charge >= 0.3 is 12.1 Å². The second kappa shape index (κ2) is 8.78. The summed E-state index contributed by atoms with van der Waals surface area (Å²) in [6, 6.07) is 18.5. The highest BCUT2D eigenvalue weighted by molar-refractivity contribution is 6.30. The van der Waals surface area contributed by atoms with Gasteiger partial charge in [0.1, 0.15) is 12.4 Å². The Morgan fingerprint density at radius 2 is 1.65 bits per heavy atom. The van der Waals surface area contributed by atoms with Crippen molar-refractivity contribution in [1.82, 2.24) is 5.32 Å². The fourth-order valence-electron chi connectivity index (χ4n) is 3.98. The molecule has 3 aromatic rings. The van der Waals surface area contributed by atoms with Crippen molar-refractivity contribution in [2.24, 2.45) is 0 Å². The van der Waals surface area contributed by atoms with E-state index in [1.165, 1.54) is 12.1 Å². The summed E-state index contributed by atoms with van der Waals surface area (Å²) < 4.78 is 19.7. The van der Waals surface area contributed by atoms with Crippen LogP contribution in [0.3, 0.4) is 0 Å². The zero-order valence-electron chi connectivity index (χ0n) is 16.3. The average Bonchev–Trinajstić information content (AvgIpc) is 3.07. The van der Waals surface area contributed by atoms with Crippen LogP contribution in [-0.2, 0) is 9.53 Å². The molecule has 2 N–H and O–H groups in total. The average molecular weight is 440 g/mol. The van der Waals surface area contributed by atoms with Gasteiger partial charge in [-0.3, -0.25) is 4.79 Å². The lowest BCUT2D eigenvalue weighted by atomic mass is 9.98. The van der Waals surface area contributed by atoms with E-state index in [1.54, 1.807) is 0 Å². The number of benzene rings is 3. The molecule has 0 aromatic heterocycles. The number of carbonyl (C=O) groups excluding carboxylic acids is 1. The molecule has 5 nitrogen and oxygen atoms in total. The Morgan fingerprint density at radius 1 is 1.03 bits per heavy atom. The molecule has 158 valence electrons. The Morgan fingerprint density at radius 3 is 2.26 bits per heavy atom. The maximum absolute atomic E-state index is 14.2. The van der Waals surface area contributed by atoms with E-state index in [0.29, 0.717) is 0 Å². The summed E-state index contributed by atoms with van der Waals surface area (Å²) in [5.41, 5.74) is 4.29. The zero-order chi connectivity index (χ0) is 22.0. The number of ether oxygens (including phenoxy) is 1. The molecular formula is C24H19ClFNO4. The first-order valence-electron chi connectivity index (χ1n) is 9.72. The lowest BCUT2D eigenvalue weighted by Crippen LogP contribution is -2.32. The normalized spacial score (nSPS) is 13.2. The lowest BCUT2D eigenvalue weighted by molar-refractivity contribution is -0.137. The van der Waals surface area contributed by atoms with E-state index >= 15 is 0 Å². The molecule has 1 unspecified atom stereocenters. The third-order valence-corrected chi connectivity index (χ3v) is 5.58. The van der Waals surface area contributed by atoms with Crippen LogP contribution < -0.4 is 5.32 Å². The first kappa shape index (κ1) is 20.9. The molecule has 3 aromatic carbocycles. The van der Waals surface area contributed by atoms with Gasteiger partial charge in [0.05, 0.1) is 12.5 Å². The molecule has 0 fully saturated rings. The van der Waals surface area contributed by atoms with Gasteiger partial charge < -0.3 is 15.2 Å². The summed E-state index contributed by atoms with van der Waals surface area (Å²) >= 11 is 5.92. The molecule has 1 amide bonds. The molecule has 0 saturated heterocycles. The van der Waals surface area contributed by atoms with Crippen molar-refractivity contribution in [3.63, 3.8) is 0 Å². The standard InChI is InChI=1S/C24H19ClFNO4/c25-14-9-10-21(26)19(11-14)22(12-23(28)29)27-24(30)31-13-20-17-7-3-1-5-15(17)16-6-2-4-8-18(16)20/h1-11,20,22H,12-13H2,(H,27,30)(H,28,29). The Balaban J connectivity index is 1.50. The highest BCUT2D eigenvalue weighted by Crippen LogP contribution is 2.44. The number of halogens is 2. The third-order valence-electron chi connectivity index (χ3n) is 5.35. The molecule has 1 aliphatic rings. The van der Waals surface area contributed by atoms with Crippen LogP contribution in [0, 0.1) is 5.82 Å². The summed E-state index contributed by atoms with van der Waals surface area (Å²) in [5, 5.41) is 11.9. The quantitative estimate of drug-likeness (QED) is 0.529. The van der Waals surface area contributed by atoms with Crippen LogP contribution in [0.2, 0.25) is 5.02 Å². The maximum Gasteiger partial charge on any atom is 0.407 e. The number of hydrogen-bond donors (Lipinski definition) is 2. The number of rotatable bonds is 6. The van der Waals surface area contributed by atoms with E-state index < -0.39 is 30.3 Å². The van der Waals surface area contributed by atoms with Crippen molar-refractivity contribution in [3.8, 4) is 11.1 Å². The number of aliphatic carboxylic acids is 1. The van der Waals surface area contributed by atoms with Crippen molar-refractivity contribution in [2.45, 2.75) is 18.4 Å². The SMILES string of the molecule is O=C(O)CC(NC(=O)OCC1c2ccccc2-c2ccccc21)c1cc(Cl)ccc1F. The third kappa shape index (κ3) is 4.39. The van der Waals surface area contributed by atoms with Crippen LogP contribution >= 0.6 is 11.6 Å². The number of carboxylic acid groups (broad SMARTS) is 1. The van der Waals surface area contributed by atoms with Crippen LogP contribution in [0.25, 0.3) is 11.1 Å². The number of carboxylic acids is 1. The van der Waals surface area contributed by atoms with E-state index in [4.69, 9.17) is 16.3 Å². The van der Waals surface area contributed by atoms with Gasteiger partial charge in [0, 0.05) is 16.5 Å². The fraction of sp³-hybridized carbons (Fsp3) is 0.167. The smallest absolute Gasteiger partial charge is 0.407 e. The molecule has 7 heteroatoms. The molecular weight excluding hydrogens is 421 g/mol. The van der Waals surface area contributed by atoms with Crippen molar-refractivity contribution < 1.29 is 23.8 Å². The molecule has 0 aliphatic heterocycles. The number of carbonyl (C=O) groups is 2. The first-order valence-corrected chi connectivity index (χ1v) is 10.1. The Bertz CT molecular complexity index is 1100. The Hall–Kier alpha value is -3.38. The molecule has 0 heterocycles. The predicted molar refractivity (Wildman–Crippen MR) is 115 cm³/mol. The number of amides is 1. The predicted octanol–water partition coefficient (Wildman–Crippen LogP) is 5.53. The van der Waals surface area contributed by atoms with Gasteiger partial charge in [-0.25, -0.2) is 9.18 Å². The minimum absolute atomic E-state index is 0.0107. The van der Waals surface area contributed by atoms with E-state index in [1.807, 2.05) is 48.5 Å². The van der Waals surface area contributed by atoms with Crippen LogP contribution in [0.4, 0.5) is 9.18 Å². The highest BCUT2D eigenvalue weighted by atomic mass is 35.5. The van der Waals surface area contributed by atoms with Gasteiger partial charge in [-0.15, -0.1) is 0 Å². The Kier molecular flexibility index (Phi) is 5.91. The van der Waals surface area contributed by atoms with Crippen LogP contribution in [0.15, 0.2) is 66.7 Å². The van der Waals surface area contributed by atoms with Crippen LogP contribution in [0.1, 0.15) is 35.1 Å². The maximum atomic E-state index is 14.2. The fourth-order valence-corrected chi connectivity index (χ4v) is 4.16.